The third-order valence-electron chi connectivity index (χ3n) is 5.75. The van der Waals surface area contributed by atoms with Gasteiger partial charge in [0.25, 0.3) is 10.1 Å². The minimum Gasteiger partial charge on any atom is -0.748 e. The highest BCUT2D eigenvalue weighted by Crippen LogP contribution is 2.50. The van der Waals surface area contributed by atoms with Crippen LogP contribution in [0, 0.1) is 0 Å². The third kappa shape index (κ3) is 6.58. The average molecular weight is 605 g/mol. The molecule has 0 spiro atoms. The number of thioether (sulfide) groups is 1. The highest BCUT2D eigenvalue weighted by Gasteiger charge is 2.34. The van der Waals surface area contributed by atoms with Crippen molar-refractivity contribution in [2.75, 3.05) is 37.2 Å². The van der Waals surface area contributed by atoms with Gasteiger partial charge in [-0.1, -0.05) is 23.1 Å². The normalized spacial score (nSPS) is 15.1. The van der Waals surface area contributed by atoms with Crippen LogP contribution in [0.2, 0.25) is 0 Å². The van der Waals surface area contributed by atoms with Gasteiger partial charge in [-0.15, -0.1) is 0 Å². The van der Waals surface area contributed by atoms with Crippen LogP contribution in [-0.2, 0) is 26.8 Å². The minimum atomic E-state index is -4.45. The Balaban J connectivity index is 1.81. The maximum absolute atomic E-state index is 16.4. The lowest BCUT2D eigenvalue weighted by Crippen LogP contribution is -2.37. The molecule has 206 valence electrons. The Labute approximate surface area is 228 Å². The summed E-state index contributed by atoms with van der Waals surface area (Å²) in [6.07, 6.45) is 0.0234. The molecule has 0 saturated heterocycles. The van der Waals surface area contributed by atoms with E-state index in [2.05, 4.69) is 0 Å². The van der Waals surface area contributed by atoms with Crippen LogP contribution < -0.4 is 18.9 Å². The molecule has 0 bridgehead atoms. The van der Waals surface area contributed by atoms with Gasteiger partial charge in [0.2, 0.25) is 11.3 Å². The number of aromatic nitrogens is 1. The lowest BCUT2D eigenvalue weighted by molar-refractivity contribution is -0.669. The summed E-state index contributed by atoms with van der Waals surface area (Å²) >= 11 is 2.32. The Morgan fingerprint density at radius 3 is 2.39 bits per heavy atom. The van der Waals surface area contributed by atoms with Gasteiger partial charge >= 0.3 is 5.01 Å². The topological polar surface area (TPSA) is 137 Å². The summed E-state index contributed by atoms with van der Waals surface area (Å²) in [6, 6.07) is 10.4. The van der Waals surface area contributed by atoms with Crippen LogP contribution in [0.3, 0.4) is 0 Å². The van der Waals surface area contributed by atoms with Gasteiger partial charge in [-0.2, -0.15) is 17.4 Å². The fourth-order valence-electron chi connectivity index (χ4n) is 4.05. The number of ether oxygens (including phenoxy) is 2. The van der Waals surface area contributed by atoms with Gasteiger partial charge in [-0.25, -0.2) is 8.42 Å². The van der Waals surface area contributed by atoms with Gasteiger partial charge in [-0.05, 0) is 30.7 Å². The molecule has 1 N–H and O–H groups in total. The summed E-state index contributed by atoms with van der Waals surface area (Å²) < 4.78 is 94.8. The van der Waals surface area contributed by atoms with Crippen LogP contribution in [-0.4, -0.2) is 58.2 Å². The van der Waals surface area contributed by atoms with Gasteiger partial charge < -0.3 is 18.9 Å². The average Bonchev–Trinajstić information content (AvgIpc) is 3.39. The monoisotopic (exact) mass is 604 g/mol. The molecule has 0 saturated carbocycles. The number of aryl methyl sites for hydroxylation is 1. The molecule has 4 rings (SSSR count). The summed E-state index contributed by atoms with van der Waals surface area (Å²) in [6.45, 7) is 0.168. The summed E-state index contributed by atoms with van der Waals surface area (Å²) in [7, 11) is -5.66. The summed E-state index contributed by atoms with van der Waals surface area (Å²) in [4.78, 5) is 2.37. The van der Waals surface area contributed by atoms with E-state index in [1.807, 2.05) is 0 Å². The van der Waals surface area contributed by atoms with Crippen molar-refractivity contribution in [3.63, 3.8) is 0 Å². The number of anilines is 1. The molecule has 15 heteroatoms. The van der Waals surface area contributed by atoms with Gasteiger partial charge in [0, 0.05) is 29.7 Å². The number of halogens is 1. The Hall–Kier alpha value is -2.43. The lowest BCUT2D eigenvalue weighted by Gasteiger charge is -2.20. The first kappa shape index (κ1) is 28.6. The SMILES string of the molecule is COc1ccc2c(c1)N(CCCS(=O)(=O)O)/C(=C(\F)c1sc3ccc(OC)cc3[n+]1CCCS(=O)(=O)[O-])S2. The van der Waals surface area contributed by atoms with Crippen molar-refractivity contribution in [2.45, 2.75) is 24.3 Å². The zero-order valence-electron chi connectivity index (χ0n) is 20.4. The van der Waals surface area contributed by atoms with Gasteiger partial charge in [0.05, 0.1) is 41.8 Å². The molecular formula is C23H25FN2O8S4. The number of hydrogen-bond donors (Lipinski definition) is 1. The van der Waals surface area contributed by atoms with Crippen molar-refractivity contribution in [3.8, 4) is 11.5 Å². The third-order valence-corrected chi connectivity index (χ3v) is 9.66. The fraction of sp³-hybridized carbons (Fsp3) is 0.348. The molecule has 38 heavy (non-hydrogen) atoms. The Morgan fingerprint density at radius 1 is 1.05 bits per heavy atom. The van der Waals surface area contributed by atoms with Gasteiger partial charge in [0.1, 0.15) is 21.2 Å². The summed E-state index contributed by atoms with van der Waals surface area (Å²) in [5, 5.41) is 0.422. The van der Waals surface area contributed by atoms with Crippen molar-refractivity contribution in [1.29, 1.82) is 0 Å². The zero-order valence-corrected chi connectivity index (χ0v) is 23.7. The minimum absolute atomic E-state index is 0.0161. The number of hydrogen-bond acceptors (Lipinski definition) is 10. The predicted octanol–water partition coefficient (Wildman–Crippen LogP) is 3.63. The molecule has 0 amide bonds. The molecule has 2 heterocycles. The van der Waals surface area contributed by atoms with Crippen LogP contribution in [0.4, 0.5) is 10.1 Å². The standard InChI is InChI=1S/C23H25FN2O8S4/c1-33-15-5-7-19-17(13-15)25(9-3-11-37(27,28)29)22(35-19)21(24)23-26(10-4-12-38(30,31)32)18-14-16(34-2)6-8-20(18)36-23/h5-8,13-14H,3-4,9-12H2,1-2H3,(H-,27,28,29,30,31,32). The highest BCUT2D eigenvalue weighted by molar-refractivity contribution is 8.04. The van der Waals surface area contributed by atoms with Crippen LogP contribution in [0.1, 0.15) is 17.8 Å². The van der Waals surface area contributed by atoms with E-state index in [9.17, 15) is 25.9 Å². The molecule has 1 aliphatic rings. The first-order valence-electron chi connectivity index (χ1n) is 11.3. The zero-order chi connectivity index (χ0) is 27.7. The van der Waals surface area contributed by atoms with E-state index in [0.717, 1.165) is 32.7 Å². The van der Waals surface area contributed by atoms with Crippen LogP contribution in [0.5, 0.6) is 11.5 Å². The largest absolute Gasteiger partial charge is 0.748 e. The Kier molecular flexibility index (Phi) is 8.54. The van der Waals surface area contributed by atoms with E-state index < -0.39 is 37.6 Å². The molecule has 0 fully saturated rings. The van der Waals surface area contributed by atoms with E-state index in [0.29, 0.717) is 22.7 Å². The smallest absolute Gasteiger partial charge is 0.301 e. The fourth-order valence-corrected chi connectivity index (χ4v) is 7.30. The van der Waals surface area contributed by atoms with E-state index >= 15 is 4.39 Å². The maximum Gasteiger partial charge on any atom is 0.301 e. The van der Waals surface area contributed by atoms with Crippen LogP contribution >= 0.6 is 23.1 Å². The second-order valence-corrected chi connectivity index (χ2v) is 13.5. The molecule has 0 aliphatic carbocycles. The number of fused-ring (bicyclic) bond motifs is 2. The van der Waals surface area contributed by atoms with Gasteiger partial charge in [0.15, 0.2) is 6.54 Å². The van der Waals surface area contributed by atoms with Gasteiger partial charge in [-0.3, -0.25) is 4.55 Å². The second kappa shape index (κ2) is 11.4. The second-order valence-electron chi connectivity index (χ2n) is 8.35. The van der Waals surface area contributed by atoms with Crippen molar-refractivity contribution >= 4 is 65.1 Å². The predicted molar refractivity (Wildman–Crippen MR) is 143 cm³/mol. The maximum atomic E-state index is 16.4. The molecule has 0 atom stereocenters. The van der Waals surface area contributed by atoms with Crippen molar-refractivity contribution in [2.24, 2.45) is 0 Å². The Morgan fingerprint density at radius 2 is 1.74 bits per heavy atom. The molecule has 3 aromatic rings. The number of methoxy groups -OCH3 is 2. The molecule has 2 aromatic carbocycles. The Bertz CT molecular complexity index is 1600. The summed E-state index contributed by atoms with van der Waals surface area (Å²) in [5.41, 5.74) is 1.24. The first-order chi connectivity index (χ1) is 17.9. The van der Waals surface area contributed by atoms with Crippen LogP contribution in [0.15, 0.2) is 46.3 Å². The van der Waals surface area contributed by atoms with Crippen molar-refractivity contribution in [1.82, 2.24) is 0 Å². The molecule has 1 aromatic heterocycles. The highest BCUT2D eigenvalue weighted by atomic mass is 32.2. The molecule has 0 unspecified atom stereocenters. The van der Waals surface area contributed by atoms with E-state index in [1.54, 1.807) is 45.9 Å². The molecule has 10 nitrogen and oxygen atoms in total. The molecular weight excluding hydrogens is 580 g/mol. The summed E-state index contributed by atoms with van der Waals surface area (Å²) in [5.74, 6) is -0.618. The van der Waals surface area contributed by atoms with Crippen molar-refractivity contribution < 1.29 is 44.4 Å². The molecule has 1 aliphatic heterocycles. The first-order valence-corrected chi connectivity index (χ1v) is 16.1. The van der Waals surface area contributed by atoms with Crippen molar-refractivity contribution in [3.05, 3.63) is 46.4 Å². The van der Waals surface area contributed by atoms with Crippen LogP contribution in [0.25, 0.3) is 16.0 Å². The van der Waals surface area contributed by atoms with E-state index in [4.69, 9.17) is 9.47 Å². The number of thiazole rings is 1. The number of benzene rings is 2. The van der Waals surface area contributed by atoms with E-state index in [1.165, 1.54) is 14.2 Å². The van der Waals surface area contributed by atoms with E-state index in [-0.39, 0.29) is 36.0 Å². The number of rotatable bonds is 11. The quantitative estimate of drug-likeness (QED) is 0.255. The molecule has 0 radical (unpaired) electrons. The lowest BCUT2D eigenvalue weighted by atomic mass is 10.2. The number of nitrogens with zero attached hydrogens (tertiary/aromatic N) is 2.